The van der Waals surface area contributed by atoms with Gasteiger partial charge in [-0.2, -0.15) is 9.78 Å². The second-order valence-electron chi connectivity index (χ2n) is 7.68. The first-order valence-electron chi connectivity index (χ1n) is 10.0. The molecule has 3 heterocycles. The molecule has 5 rings (SSSR count). The summed E-state index contributed by atoms with van der Waals surface area (Å²) in [5.74, 6) is 2.11. The van der Waals surface area contributed by atoms with E-state index >= 15 is 0 Å². The van der Waals surface area contributed by atoms with Gasteiger partial charge in [-0.15, -0.1) is 0 Å². The third-order valence-electron chi connectivity index (χ3n) is 5.38. The number of aromatic nitrogens is 4. The Bertz CT molecular complexity index is 1270. The van der Waals surface area contributed by atoms with Crippen LogP contribution in [0.15, 0.2) is 35.1 Å². The van der Waals surface area contributed by atoms with Crippen LogP contribution in [0, 0.1) is 13.8 Å². The number of nitrogens with zero attached hydrogens (tertiary/aromatic N) is 3. The van der Waals surface area contributed by atoms with Crippen LogP contribution in [0.4, 0.5) is 5.82 Å². The fourth-order valence-corrected chi connectivity index (χ4v) is 3.32. The van der Waals surface area contributed by atoms with Crippen molar-refractivity contribution < 1.29 is 14.3 Å². The van der Waals surface area contributed by atoms with Crippen molar-refractivity contribution in [2.45, 2.75) is 32.6 Å². The predicted molar refractivity (Wildman–Crippen MR) is 114 cm³/mol. The van der Waals surface area contributed by atoms with E-state index in [-0.39, 0.29) is 24.2 Å². The molecule has 3 aromatic rings. The van der Waals surface area contributed by atoms with Crippen LogP contribution in [0.1, 0.15) is 41.3 Å². The van der Waals surface area contributed by atoms with Crippen LogP contribution < -0.4 is 20.3 Å². The molecule has 158 valence electrons. The van der Waals surface area contributed by atoms with Crippen molar-refractivity contribution in [3.63, 3.8) is 0 Å². The van der Waals surface area contributed by atoms with Gasteiger partial charge >= 0.3 is 0 Å². The number of ether oxygens (including phenoxy) is 2. The topological polar surface area (TPSA) is 111 Å². The number of fused-ring (bicyclic) bond motifs is 1. The largest absolute Gasteiger partial charge is 0.454 e. The molecular formula is C22H21N5O4. The van der Waals surface area contributed by atoms with E-state index in [1.54, 1.807) is 26.0 Å². The Kier molecular flexibility index (Phi) is 4.58. The molecule has 1 fully saturated rings. The smallest absolute Gasteiger partial charge is 0.255 e. The third-order valence-corrected chi connectivity index (χ3v) is 5.38. The van der Waals surface area contributed by atoms with Gasteiger partial charge in [0.1, 0.15) is 5.82 Å². The van der Waals surface area contributed by atoms with Crippen molar-refractivity contribution in [3.05, 3.63) is 63.2 Å². The lowest BCUT2D eigenvalue weighted by Crippen LogP contribution is -2.20. The van der Waals surface area contributed by atoms with E-state index in [0.29, 0.717) is 34.5 Å². The predicted octanol–water partition coefficient (Wildman–Crippen LogP) is 2.83. The van der Waals surface area contributed by atoms with Gasteiger partial charge in [0.15, 0.2) is 11.5 Å². The quantitative estimate of drug-likeness (QED) is 0.615. The summed E-state index contributed by atoms with van der Waals surface area (Å²) in [5.41, 5.74) is 2.62. The highest BCUT2D eigenvalue weighted by Gasteiger charge is 2.28. The second-order valence-corrected chi connectivity index (χ2v) is 7.68. The number of aromatic amines is 1. The summed E-state index contributed by atoms with van der Waals surface area (Å²) in [6.07, 6.45) is 5.24. The lowest BCUT2D eigenvalue weighted by atomic mass is 10.2. The molecular weight excluding hydrogens is 398 g/mol. The molecule has 2 aliphatic rings. The van der Waals surface area contributed by atoms with Crippen LogP contribution in [0.2, 0.25) is 0 Å². The molecule has 9 heteroatoms. The number of amides is 1. The average Bonchev–Trinajstić information content (AvgIpc) is 3.35. The summed E-state index contributed by atoms with van der Waals surface area (Å²) in [4.78, 5) is 32.0. The molecule has 1 saturated carbocycles. The molecule has 0 spiro atoms. The molecule has 1 aromatic carbocycles. The van der Waals surface area contributed by atoms with Gasteiger partial charge < -0.3 is 14.8 Å². The van der Waals surface area contributed by atoms with Crippen molar-refractivity contribution in [2.24, 2.45) is 0 Å². The highest BCUT2D eigenvalue weighted by atomic mass is 16.7. The van der Waals surface area contributed by atoms with Gasteiger partial charge in [-0.3, -0.25) is 14.6 Å². The lowest BCUT2D eigenvalue weighted by Gasteiger charge is -2.08. The van der Waals surface area contributed by atoms with Crippen molar-refractivity contribution in [1.29, 1.82) is 0 Å². The second kappa shape index (κ2) is 7.42. The molecule has 1 amide bonds. The Morgan fingerprint density at radius 2 is 2.03 bits per heavy atom. The van der Waals surface area contributed by atoms with E-state index in [4.69, 9.17) is 9.47 Å². The SMILES string of the molecule is Cc1nc(-n2nc(C3CC3)cc2NC(=O)/C=C\c2ccc3c(c2)OCO3)[nH]c(=O)c1C. The first-order valence-corrected chi connectivity index (χ1v) is 10.0. The van der Waals surface area contributed by atoms with Crippen LogP contribution in [0.25, 0.3) is 12.0 Å². The van der Waals surface area contributed by atoms with E-state index in [2.05, 4.69) is 20.4 Å². The minimum Gasteiger partial charge on any atom is -0.454 e. The normalized spacial score (nSPS) is 14.9. The lowest BCUT2D eigenvalue weighted by molar-refractivity contribution is -0.111. The van der Waals surface area contributed by atoms with Crippen LogP contribution in [-0.2, 0) is 4.79 Å². The number of H-pyrrole nitrogens is 1. The number of carbonyl (C=O) groups excluding carboxylic acids is 1. The summed E-state index contributed by atoms with van der Waals surface area (Å²) in [7, 11) is 0. The van der Waals surface area contributed by atoms with Gasteiger partial charge in [0.05, 0.1) is 5.69 Å². The number of nitrogens with one attached hydrogen (secondary N) is 2. The van der Waals surface area contributed by atoms with E-state index in [9.17, 15) is 9.59 Å². The van der Waals surface area contributed by atoms with Crippen LogP contribution in [-0.4, -0.2) is 32.4 Å². The minimum absolute atomic E-state index is 0.199. The summed E-state index contributed by atoms with van der Waals surface area (Å²) in [6.45, 7) is 3.68. The summed E-state index contributed by atoms with van der Waals surface area (Å²) in [6, 6.07) is 7.29. The first kappa shape index (κ1) is 19.1. The molecule has 0 radical (unpaired) electrons. The molecule has 0 bridgehead atoms. The van der Waals surface area contributed by atoms with E-state index < -0.39 is 0 Å². The highest BCUT2D eigenvalue weighted by Crippen LogP contribution is 2.40. The fourth-order valence-electron chi connectivity index (χ4n) is 3.32. The molecule has 31 heavy (non-hydrogen) atoms. The molecule has 0 saturated heterocycles. The van der Waals surface area contributed by atoms with Gasteiger partial charge in [-0.05, 0) is 50.5 Å². The number of aryl methyl sites for hydroxylation is 1. The maximum absolute atomic E-state index is 12.6. The molecule has 1 aliphatic heterocycles. The molecule has 0 atom stereocenters. The van der Waals surface area contributed by atoms with Gasteiger partial charge in [-0.1, -0.05) is 6.07 Å². The maximum atomic E-state index is 12.6. The fraction of sp³-hybridized carbons (Fsp3) is 0.273. The van der Waals surface area contributed by atoms with E-state index in [0.717, 1.165) is 24.1 Å². The van der Waals surface area contributed by atoms with Crippen molar-refractivity contribution >= 4 is 17.8 Å². The molecule has 0 unspecified atom stereocenters. The van der Waals surface area contributed by atoms with Gasteiger partial charge in [0.2, 0.25) is 18.6 Å². The van der Waals surface area contributed by atoms with Crippen molar-refractivity contribution in [3.8, 4) is 17.4 Å². The Balaban J connectivity index is 1.41. The van der Waals surface area contributed by atoms with Gasteiger partial charge in [-0.25, -0.2) is 4.98 Å². The highest BCUT2D eigenvalue weighted by molar-refractivity contribution is 6.01. The molecule has 2 N–H and O–H groups in total. The Morgan fingerprint density at radius 3 is 2.81 bits per heavy atom. The Morgan fingerprint density at radius 1 is 1.23 bits per heavy atom. The number of hydrogen-bond acceptors (Lipinski definition) is 6. The average molecular weight is 419 g/mol. The number of anilines is 1. The summed E-state index contributed by atoms with van der Waals surface area (Å²) < 4.78 is 12.1. The zero-order valence-electron chi connectivity index (χ0n) is 17.1. The monoisotopic (exact) mass is 419 g/mol. The van der Waals surface area contributed by atoms with Crippen LogP contribution in [0.5, 0.6) is 11.5 Å². The van der Waals surface area contributed by atoms with Gasteiger partial charge in [0.25, 0.3) is 5.56 Å². The zero-order valence-corrected chi connectivity index (χ0v) is 17.1. The Labute approximate surface area is 177 Å². The third kappa shape index (κ3) is 3.81. The number of carbonyl (C=O) groups is 1. The zero-order chi connectivity index (χ0) is 21.5. The van der Waals surface area contributed by atoms with E-state index in [1.807, 2.05) is 18.2 Å². The van der Waals surface area contributed by atoms with E-state index in [1.165, 1.54) is 10.8 Å². The first-order chi connectivity index (χ1) is 15.0. The molecule has 1 aliphatic carbocycles. The van der Waals surface area contributed by atoms with Crippen molar-refractivity contribution in [1.82, 2.24) is 19.7 Å². The maximum Gasteiger partial charge on any atom is 0.255 e. The molecule has 2 aromatic heterocycles. The molecule has 9 nitrogen and oxygen atoms in total. The van der Waals surface area contributed by atoms with Crippen LogP contribution in [0.3, 0.4) is 0 Å². The van der Waals surface area contributed by atoms with Crippen molar-refractivity contribution in [2.75, 3.05) is 12.1 Å². The number of benzene rings is 1. The van der Waals surface area contributed by atoms with Crippen LogP contribution >= 0.6 is 0 Å². The summed E-state index contributed by atoms with van der Waals surface area (Å²) in [5, 5.41) is 7.42. The minimum atomic E-state index is -0.327. The van der Waals surface area contributed by atoms with Gasteiger partial charge in [0, 0.05) is 29.3 Å². The summed E-state index contributed by atoms with van der Waals surface area (Å²) >= 11 is 0. The number of rotatable bonds is 5. The Hall–Kier alpha value is -3.88. The number of hydrogen-bond donors (Lipinski definition) is 2. The standard InChI is InChI=1S/C22H21N5O4/c1-12-13(2)23-22(25-21(12)29)27-19(10-16(26-27)15-5-6-15)24-20(28)8-4-14-3-7-17-18(9-14)31-11-30-17/h3-4,7-10,15H,5-6,11H2,1-2H3,(H,24,28)(H,23,25,29)/b8-4-.